The van der Waals surface area contributed by atoms with Crippen molar-refractivity contribution in [3.8, 4) is 0 Å². The van der Waals surface area contributed by atoms with Crippen molar-refractivity contribution in [2.24, 2.45) is 0 Å². The zero-order chi connectivity index (χ0) is 22.2. The summed E-state index contributed by atoms with van der Waals surface area (Å²) in [4.78, 5) is 35.2. The first-order chi connectivity index (χ1) is 15.0. The van der Waals surface area contributed by atoms with Crippen molar-refractivity contribution in [1.29, 1.82) is 0 Å². The lowest BCUT2D eigenvalue weighted by molar-refractivity contribution is 0.102. The van der Waals surface area contributed by atoms with Crippen molar-refractivity contribution in [3.05, 3.63) is 66.5 Å². The van der Waals surface area contributed by atoms with Gasteiger partial charge < -0.3 is 20.9 Å². The lowest BCUT2D eigenvalue weighted by Crippen LogP contribution is -2.28. The average Bonchev–Trinajstić information content (AvgIpc) is 2.75. The van der Waals surface area contributed by atoms with Crippen molar-refractivity contribution in [2.75, 3.05) is 41.5 Å². The largest absolute Gasteiger partial charge is 0.363 e. The van der Waals surface area contributed by atoms with E-state index in [2.05, 4.69) is 31.2 Å². The molecule has 0 unspecified atom stereocenters. The molecule has 1 aromatic carbocycles. The Bertz CT molecular complexity index is 1040. The van der Waals surface area contributed by atoms with E-state index in [4.69, 9.17) is 0 Å². The van der Waals surface area contributed by atoms with Crippen LogP contribution in [-0.4, -0.2) is 42.5 Å². The molecule has 3 rings (SSSR count). The van der Waals surface area contributed by atoms with Gasteiger partial charge in [-0.05, 0) is 31.2 Å². The fraction of sp³-hybridized carbons (Fsp3) is 0.182. The number of amides is 3. The van der Waals surface area contributed by atoms with Crippen LogP contribution in [0.1, 0.15) is 17.3 Å². The summed E-state index contributed by atoms with van der Waals surface area (Å²) in [5.41, 5.74) is 2.18. The number of aromatic nitrogens is 2. The fourth-order valence-corrected chi connectivity index (χ4v) is 2.73. The second kappa shape index (κ2) is 10.1. The van der Waals surface area contributed by atoms with Gasteiger partial charge in [0.15, 0.2) is 0 Å². The summed E-state index contributed by atoms with van der Waals surface area (Å²) in [6, 6.07) is 14.3. The maximum absolute atomic E-state index is 13.0. The van der Waals surface area contributed by atoms with E-state index in [1.807, 2.05) is 62.3 Å². The highest BCUT2D eigenvalue weighted by Gasteiger charge is 2.15. The Labute approximate surface area is 180 Å². The minimum absolute atomic E-state index is 0.318. The van der Waals surface area contributed by atoms with Gasteiger partial charge in [0.2, 0.25) is 0 Å². The van der Waals surface area contributed by atoms with E-state index in [0.29, 0.717) is 29.3 Å². The quantitative estimate of drug-likeness (QED) is 0.465. The summed E-state index contributed by atoms with van der Waals surface area (Å²) in [5, 5.41) is 11.3. The molecule has 0 aliphatic heterocycles. The van der Waals surface area contributed by atoms with Crippen LogP contribution in [0.15, 0.2) is 60.9 Å². The molecule has 0 fully saturated rings. The molecule has 0 aliphatic carbocycles. The number of anilines is 5. The lowest BCUT2D eigenvalue weighted by Gasteiger charge is -2.15. The molecular weight excluding hydrogens is 394 g/mol. The number of para-hydroxylation sites is 1. The van der Waals surface area contributed by atoms with Gasteiger partial charge in [0, 0.05) is 38.6 Å². The third-order valence-corrected chi connectivity index (χ3v) is 4.24. The van der Waals surface area contributed by atoms with Crippen molar-refractivity contribution >= 4 is 40.6 Å². The minimum Gasteiger partial charge on any atom is -0.363 e. The molecule has 2 heterocycles. The predicted octanol–water partition coefficient (Wildman–Crippen LogP) is 3.68. The van der Waals surface area contributed by atoms with Gasteiger partial charge in [0.1, 0.15) is 11.6 Å². The second-order valence-electron chi connectivity index (χ2n) is 6.84. The van der Waals surface area contributed by atoms with Gasteiger partial charge in [-0.25, -0.2) is 14.8 Å². The fourth-order valence-electron chi connectivity index (χ4n) is 2.73. The van der Waals surface area contributed by atoms with Crippen molar-refractivity contribution in [3.63, 3.8) is 0 Å². The van der Waals surface area contributed by atoms with Gasteiger partial charge in [-0.1, -0.05) is 18.2 Å². The number of carbonyl (C=O) groups excluding carboxylic acids is 2. The molecular formula is C22H25N7O2. The number of nitrogens with zero attached hydrogens (tertiary/aromatic N) is 3. The van der Waals surface area contributed by atoms with E-state index < -0.39 is 0 Å². The van der Waals surface area contributed by atoms with Crippen LogP contribution in [0.3, 0.4) is 0 Å². The summed E-state index contributed by atoms with van der Waals surface area (Å²) in [7, 11) is 3.79. The number of nitrogens with one attached hydrogen (secondary N) is 4. The maximum Gasteiger partial charge on any atom is 0.320 e. The smallest absolute Gasteiger partial charge is 0.320 e. The van der Waals surface area contributed by atoms with E-state index in [0.717, 1.165) is 11.5 Å². The van der Waals surface area contributed by atoms with E-state index >= 15 is 0 Å². The van der Waals surface area contributed by atoms with Crippen molar-refractivity contribution < 1.29 is 9.59 Å². The number of benzene rings is 1. The molecule has 0 aliphatic rings. The monoisotopic (exact) mass is 419 g/mol. The number of hydrogen-bond acceptors (Lipinski definition) is 6. The Morgan fingerprint density at radius 1 is 0.935 bits per heavy atom. The van der Waals surface area contributed by atoms with Gasteiger partial charge in [0.05, 0.1) is 23.1 Å². The van der Waals surface area contributed by atoms with E-state index in [1.54, 1.807) is 18.3 Å². The standard InChI is InChI=1S/C22H25N7O2/c1-4-23-22(31)28-19-12-18(26-15-8-6-5-7-9-15)17(14-24-19)21(30)27-16-10-11-20(25-13-16)29(2)3/h5-14H,4H2,1-3H3,(H,27,30)(H3,23,24,26,28,31). The first-order valence-electron chi connectivity index (χ1n) is 9.78. The zero-order valence-electron chi connectivity index (χ0n) is 17.6. The van der Waals surface area contributed by atoms with Gasteiger partial charge in [-0.3, -0.25) is 10.1 Å². The van der Waals surface area contributed by atoms with Crippen LogP contribution in [0.2, 0.25) is 0 Å². The summed E-state index contributed by atoms with van der Waals surface area (Å²) < 4.78 is 0. The molecule has 3 amide bonds. The summed E-state index contributed by atoms with van der Waals surface area (Å²) in [5.74, 6) is 0.750. The molecule has 0 bridgehead atoms. The highest BCUT2D eigenvalue weighted by atomic mass is 16.2. The molecule has 0 saturated heterocycles. The van der Waals surface area contributed by atoms with Crippen LogP contribution in [0.4, 0.5) is 33.5 Å². The molecule has 4 N–H and O–H groups in total. The maximum atomic E-state index is 13.0. The summed E-state index contributed by atoms with van der Waals surface area (Å²) >= 11 is 0. The van der Waals surface area contributed by atoms with Gasteiger partial charge in [0.25, 0.3) is 5.91 Å². The van der Waals surface area contributed by atoms with Crippen molar-refractivity contribution in [1.82, 2.24) is 15.3 Å². The SMILES string of the molecule is CCNC(=O)Nc1cc(Nc2ccccc2)c(C(=O)Nc2ccc(N(C)C)nc2)cn1. The lowest BCUT2D eigenvalue weighted by atomic mass is 10.2. The first-order valence-corrected chi connectivity index (χ1v) is 9.78. The third kappa shape index (κ3) is 5.92. The predicted molar refractivity (Wildman–Crippen MR) is 123 cm³/mol. The molecule has 3 aromatic rings. The van der Waals surface area contributed by atoms with Crippen LogP contribution in [0, 0.1) is 0 Å². The molecule has 0 atom stereocenters. The molecule has 9 heteroatoms. The Kier molecular flexibility index (Phi) is 7.00. The molecule has 0 saturated carbocycles. The Balaban J connectivity index is 1.85. The molecule has 160 valence electrons. The number of pyridine rings is 2. The highest BCUT2D eigenvalue weighted by Crippen LogP contribution is 2.24. The van der Waals surface area contributed by atoms with Gasteiger partial charge in [-0.2, -0.15) is 0 Å². The highest BCUT2D eigenvalue weighted by molar-refractivity contribution is 6.08. The third-order valence-electron chi connectivity index (χ3n) is 4.24. The first kappa shape index (κ1) is 21.6. The molecule has 2 aromatic heterocycles. The number of urea groups is 1. The molecule has 9 nitrogen and oxygen atoms in total. The molecule has 31 heavy (non-hydrogen) atoms. The van der Waals surface area contributed by atoms with E-state index in [1.165, 1.54) is 6.20 Å². The van der Waals surface area contributed by atoms with Crippen LogP contribution in [-0.2, 0) is 0 Å². The summed E-state index contributed by atoms with van der Waals surface area (Å²) in [6.07, 6.45) is 3.01. The van der Waals surface area contributed by atoms with Crippen LogP contribution in [0.5, 0.6) is 0 Å². The number of rotatable bonds is 7. The molecule has 0 radical (unpaired) electrons. The Hall–Kier alpha value is -4.14. The van der Waals surface area contributed by atoms with Crippen LogP contribution >= 0.6 is 0 Å². The average molecular weight is 419 g/mol. The van der Waals surface area contributed by atoms with Crippen LogP contribution < -0.4 is 26.2 Å². The number of hydrogen-bond donors (Lipinski definition) is 4. The summed E-state index contributed by atoms with van der Waals surface area (Å²) in [6.45, 7) is 2.31. The normalized spacial score (nSPS) is 10.2. The molecule has 0 spiro atoms. The van der Waals surface area contributed by atoms with Crippen molar-refractivity contribution in [2.45, 2.75) is 6.92 Å². The van der Waals surface area contributed by atoms with Crippen LogP contribution in [0.25, 0.3) is 0 Å². The second-order valence-corrected chi connectivity index (χ2v) is 6.84. The van der Waals surface area contributed by atoms with Gasteiger partial charge >= 0.3 is 6.03 Å². The minimum atomic E-state index is -0.370. The zero-order valence-corrected chi connectivity index (χ0v) is 17.6. The topological polar surface area (TPSA) is 111 Å². The Morgan fingerprint density at radius 2 is 1.71 bits per heavy atom. The van der Waals surface area contributed by atoms with Gasteiger partial charge in [-0.15, -0.1) is 0 Å². The Morgan fingerprint density at radius 3 is 2.35 bits per heavy atom. The van der Waals surface area contributed by atoms with E-state index in [-0.39, 0.29) is 11.9 Å². The van der Waals surface area contributed by atoms with E-state index in [9.17, 15) is 9.59 Å². The number of carbonyl (C=O) groups is 2.